The van der Waals surface area contributed by atoms with Crippen molar-refractivity contribution in [2.24, 2.45) is 5.41 Å². The van der Waals surface area contributed by atoms with E-state index in [0.29, 0.717) is 11.5 Å². The lowest BCUT2D eigenvalue weighted by Gasteiger charge is -2.15. The third-order valence-corrected chi connectivity index (χ3v) is 3.66. The molecule has 2 aromatic rings. The topological polar surface area (TPSA) is 86.7 Å². The van der Waals surface area contributed by atoms with Gasteiger partial charge in [0.05, 0.1) is 6.33 Å². The molecule has 2 aromatic heterocycles. The van der Waals surface area contributed by atoms with Crippen LogP contribution >= 0.6 is 11.6 Å². The lowest BCUT2D eigenvalue weighted by atomic mass is 10.0. The normalized spacial score (nSPS) is 17.0. The number of hydrogen-bond donors (Lipinski definition) is 3. The molecule has 7 heteroatoms. The molecule has 0 radical (unpaired) electrons. The van der Waals surface area contributed by atoms with Crippen molar-refractivity contribution in [3.63, 3.8) is 0 Å². The number of aromatic amines is 1. The molecule has 1 aliphatic carbocycles. The predicted octanol–water partition coefficient (Wildman–Crippen LogP) is 1.58. The standard InChI is InChI=1S/C11H14ClN5O/c12-10-16-8(7-9(17-10)15-6-14-7)13-5-11(1-2-11)3-4-18/h6,18H,1-5H2,(H2,13,14,15,16,17). The van der Waals surface area contributed by atoms with Crippen molar-refractivity contribution in [3.05, 3.63) is 11.6 Å². The van der Waals surface area contributed by atoms with E-state index in [9.17, 15) is 0 Å². The van der Waals surface area contributed by atoms with Gasteiger partial charge in [-0.15, -0.1) is 0 Å². The zero-order valence-corrected chi connectivity index (χ0v) is 10.5. The highest BCUT2D eigenvalue weighted by molar-refractivity contribution is 6.28. The van der Waals surface area contributed by atoms with Gasteiger partial charge in [-0.1, -0.05) is 0 Å². The van der Waals surface area contributed by atoms with E-state index >= 15 is 0 Å². The van der Waals surface area contributed by atoms with E-state index in [2.05, 4.69) is 25.3 Å². The number of fused-ring (bicyclic) bond motifs is 1. The molecule has 1 aliphatic rings. The lowest BCUT2D eigenvalue weighted by molar-refractivity contribution is 0.253. The number of aliphatic hydroxyl groups excluding tert-OH is 1. The molecule has 1 saturated carbocycles. The number of halogens is 1. The third kappa shape index (κ3) is 2.13. The van der Waals surface area contributed by atoms with E-state index in [-0.39, 0.29) is 17.3 Å². The van der Waals surface area contributed by atoms with Crippen LogP contribution in [-0.2, 0) is 0 Å². The highest BCUT2D eigenvalue weighted by Crippen LogP contribution is 2.48. The van der Waals surface area contributed by atoms with Crippen LogP contribution in [0, 0.1) is 5.41 Å². The molecule has 0 spiro atoms. The fourth-order valence-electron chi connectivity index (χ4n) is 2.13. The number of hydrogen-bond acceptors (Lipinski definition) is 5. The number of H-pyrrole nitrogens is 1. The Kier molecular flexibility index (Phi) is 2.83. The van der Waals surface area contributed by atoms with Gasteiger partial charge in [0.15, 0.2) is 11.5 Å². The highest BCUT2D eigenvalue weighted by Gasteiger charge is 2.41. The molecule has 0 aromatic carbocycles. The van der Waals surface area contributed by atoms with E-state index in [0.717, 1.165) is 31.3 Å². The third-order valence-electron chi connectivity index (χ3n) is 3.49. The number of nitrogens with one attached hydrogen (secondary N) is 2. The van der Waals surface area contributed by atoms with Gasteiger partial charge in [-0.25, -0.2) is 4.98 Å². The molecule has 3 N–H and O–H groups in total. The van der Waals surface area contributed by atoms with Crippen LogP contribution in [0.15, 0.2) is 6.33 Å². The van der Waals surface area contributed by atoms with Crippen molar-refractivity contribution in [1.82, 2.24) is 19.9 Å². The van der Waals surface area contributed by atoms with Crippen LogP contribution in [0.1, 0.15) is 19.3 Å². The fraction of sp³-hybridized carbons (Fsp3) is 0.545. The Morgan fingerprint density at radius 1 is 1.44 bits per heavy atom. The van der Waals surface area contributed by atoms with Gasteiger partial charge in [-0.3, -0.25) is 0 Å². The van der Waals surface area contributed by atoms with Crippen LogP contribution in [0.2, 0.25) is 5.28 Å². The second-order valence-corrected chi connectivity index (χ2v) is 5.11. The van der Waals surface area contributed by atoms with Crippen molar-refractivity contribution in [3.8, 4) is 0 Å². The average molecular weight is 268 g/mol. The van der Waals surface area contributed by atoms with Crippen LogP contribution in [-0.4, -0.2) is 38.2 Å². The number of aromatic nitrogens is 4. The molecule has 0 amide bonds. The van der Waals surface area contributed by atoms with Gasteiger partial charge < -0.3 is 15.4 Å². The Morgan fingerprint density at radius 2 is 2.28 bits per heavy atom. The van der Waals surface area contributed by atoms with E-state index < -0.39 is 0 Å². The molecule has 96 valence electrons. The maximum atomic E-state index is 9.03. The molecule has 0 saturated heterocycles. The molecule has 18 heavy (non-hydrogen) atoms. The Labute approximate surface area is 109 Å². The Morgan fingerprint density at radius 3 is 3.00 bits per heavy atom. The number of imidazole rings is 1. The summed E-state index contributed by atoms with van der Waals surface area (Å²) >= 11 is 5.85. The maximum Gasteiger partial charge on any atom is 0.226 e. The quantitative estimate of drug-likeness (QED) is 0.716. The summed E-state index contributed by atoms with van der Waals surface area (Å²) in [5, 5.41) is 12.5. The Bertz CT molecular complexity index is 566. The summed E-state index contributed by atoms with van der Waals surface area (Å²) < 4.78 is 0. The second kappa shape index (κ2) is 4.37. The zero-order chi connectivity index (χ0) is 12.6. The fourth-order valence-corrected chi connectivity index (χ4v) is 2.30. The average Bonchev–Trinajstić information content (AvgIpc) is 2.94. The molecule has 3 rings (SSSR count). The number of anilines is 1. The van der Waals surface area contributed by atoms with Crippen LogP contribution in [0.4, 0.5) is 5.82 Å². The Hall–Kier alpha value is -1.40. The molecule has 6 nitrogen and oxygen atoms in total. The lowest BCUT2D eigenvalue weighted by Crippen LogP contribution is -2.17. The van der Waals surface area contributed by atoms with E-state index in [1.807, 2.05) is 0 Å². The van der Waals surface area contributed by atoms with Gasteiger partial charge in [-0.05, 0) is 36.3 Å². The first-order valence-electron chi connectivity index (χ1n) is 5.94. The molecule has 0 bridgehead atoms. The number of aliphatic hydroxyl groups is 1. The summed E-state index contributed by atoms with van der Waals surface area (Å²) in [6, 6.07) is 0. The monoisotopic (exact) mass is 267 g/mol. The van der Waals surface area contributed by atoms with Crippen LogP contribution < -0.4 is 5.32 Å². The predicted molar refractivity (Wildman–Crippen MR) is 68.6 cm³/mol. The van der Waals surface area contributed by atoms with Crippen LogP contribution in [0.3, 0.4) is 0 Å². The summed E-state index contributed by atoms with van der Waals surface area (Å²) in [6.07, 6.45) is 4.68. The van der Waals surface area contributed by atoms with Crippen molar-refractivity contribution >= 4 is 28.6 Å². The van der Waals surface area contributed by atoms with Gasteiger partial charge in [0.2, 0.25) is 5.28 Å². The van der Waals surface area contributed by atoms with Gasteiger partial charge >= 0.3 is 0 Å². The van der Waals surface area contributed by atoms with Gasteiger partial charge in [-0.2, -0.15) is 9.97 Å². The zero-order valence-electron chi connectivity index (χ0n) is 9.78. The minimum Gasteiger partial charge on any atom is -0.396 e. The minimum absolute atomic E-state index is 0.184. The van der Waals surface area contributed by atoms with Crippen LogP contribution in [0.25, 0.3) is 11.2 Å². The largest absolute Gasteiger partial charge is 0.396 e. The highest BCUT2D eigenvalue weighted by atomic mass is 35.5. The molecular weight excluding hydrogens is 254 g/mol. The second-order valence-electron chi connectivity index (χ2n) is 4.77. The maximum absolute atomic E-state index is 9.03. The van der Waals surface area contributed by atoms with Gasteiger partial charge in [0, 0.05) is 13.2 Å². The Balaban J connectivity index is 1.80. The first kappa shape index (κ1) is 11.7. The summed E-state index contributed by atoms with van der Waals surface area (Å²) in [7, 11) is 0. The summed E-state index contributed by atoms with van der Waals surface area (Å²) in [6.45, 7) is 1.01. The van der Waals surface area contributed by atoms with Crippen molar-refractivity contribution in [2.75, 3.05) is 18.5 Å². The molecular formula is C11H14ClN5O. The van der Waals surface area contributed by atoms with Crippen molar-refractivity contribution < 1.29 is 5.11 Å². The summed E-state index contributed by atoms with van der Waals surface area (Å²) in [5.41, 5.74) is 1.54. The smallest absolute Gasteiger partial charge is 0.226 e. The first-order valence-corrected chi connectivity index (χ1v) is 6.32. The molecule has 1 fully saturated rings. The minimum atomic E-state index is 0.184. The van der Waals surface area contributed by atoms with E-state index in [1.165, 1.54) is 0 Å². The van der Waals surface area contributed by atoms with Crippen molar-refractivity contribution in [1.29, 1.82) is 0 Å². The molecule has 0 atom stereocenters. The van der Waals surface area contributed by atoms with E-state index in [1.54, 1.807) is 6.33 Å². The molecule has 2 heterocycles. The van der Waals surface area contributed by atoms with Gasteiger partial charge in [0.25, 0.3) is 0 Å². The van der Waals surface area contributed by atoms with Gasteiger partial charge in [0.1, 0.15) is 5.52 Å². The molecule has 0 unspecified atom stereocenters. The summed E-state index contributed by atoms with van der Waals surface area (Å²) in [5.74, 6) is 0.673. The summed E-state index contributed by atoms with van der Waals surface area (Å²) in [4.78, 5) is 15.3. The number of rotatable bonds is 5. The SMILES string of the molecule is OCCC1(CNc2nc(Cl)nc3nc[nH]c23)CC1. The number of nitrogens with zero attached hydrogens (tertiary/aromatic N) is 3. The first-order chi connectivity index (χ1) is 8.72. The molecule has 0 aliphatic heterocycles. The van der Waals surface area contributed by atoms with Crippen LogP contribution in [0.5, 0.6) is 0 Å². The van der Waals surface area contributed by atoms with Crippen molar-refractivity contribution in [2.45, 2.75) is 19.3 Å². The van der Waals surface area contributed by atoms with E-state index in [4.69, 9.17) is 16.7 Å².